The van der Waals surface area contributed by atoms with E-state index in [-0.39, 0.29) is 0 Å². The second kappa shape index (κ2) is 4.37. The van der Waals surface area contributed by atoms with Crippen molar-refractivity contribution in [1.29, 1.82) is 0 Å². The van der Waals surface area contributed by atoms with Gasteiger partial charge in [-0.05, 0) is 26.3 Å². The molecule has 0 radical (unpaired) electrons. The minimum atomic E-state index is -1.31. The van der Waals surface area contributed by atoms with Crippen LogP contribution >= 0.6 is 0 Å². The number of carboxylic acid groups (broad SMARTS) is 1. The first-order valence-corrected chi connectivity index (χ1v) is 5.99. The van der Waals surface area contributed by atoms with Crippen LogP contribution in [0.5, 0.6) is 0 Å². The van der Waals surface area contributed by atoms with Gasteiger partial charge in [0, 0.05) is 6.42 Å². The van der Waals surface area contributed by atoms with Gasteiger partial charge in [-0.25, -0.2) is 4.79 Å². The van der Waals surface area contributed by atoms with E-state index in [2.05, 4.69) is 0 Å². The van der Waals surface area contributed by atoms with Crippen LogP contribution in [0.3, 0.4) is 0 Å². The lowest BCUT2D eigenvalue weighted by atomic mass is 9.93. The summed E-state index contributed by atoms with van der Waals surface area (Å²) < 4.78 is 11.3. The Morgan fingerprint density at radius 3 is 2.44 bits per heavy atom. The zero-order valence-electron chi connectivity index (χ0n) is 10.8. The molecular formula is C14H18O4. The van der Waals surface area contributed by atoms with Gasteiger partial charge in [-0.1, -0.05) is 30.3 Å². The van der Waals surface area contributed by atoms with E-state index in [1.165, 1.54) is 0 Å². The normalized spacial score (nSPS) is 30.3. The molecule has 1 fully saturated rings. The zero-order chi connectivity index (χ0) is 13.4. The highest BCUT2D eigenvalue weighted by Crippen LogP contribution is 2.38. The van der Waals surface area contributed by atoms with Gasteiger partial charge in [0.2, 0.25) is 0 Å². The topological polar surface area (TPSA) is 55.8 Å². The average Bonchev–Trinajstić information content (AvgIpc) is 2.51. The van der Waals surface area contributed by atoms with E-state index < -0.39 is 23.5 Å². The highest BCUT2D eigenvalue weighted by atomic mass is 16.8. The molecule has 1 N–H and O–H groups in total. The summed E-state index contributed by atoms with van der Waals surface area (Å²) in [6.07, 6.45) is 0.0278. The molecule has 0 amide bonds. The van der Waals surface area contributed by atoms with E-state index in [9.17, 15) is 9.90 Å². The van der Waals surface area contributed by atoms with Gasteiger partial charge in [0.1, 0.15) is 6.10 Å². The van der Waals surface area contributed by atoms with Gasteiger partial charge in [0.05, 0.1) is 0 Å². The fourth-order valence-electron chi connectivity index (χ4n) is 2.30. The number of hydrogen-bond donors (Lipinski definition) is 1. The van der Waals surface area contributed by atoms with Crippen LogP contribution in [0.4, 0.5) is 0 Å². The highest BCUT2D eigenvalue weighted by Gasteiger charge is 2.55. The number of aliphatic carboxylic acids is 1. The first-order chi connectivity index (χ1) is 8.33. The molecule has 1 saturated heterocycles. The maximum atomic E-state index is 11.4. The lowest BCUT2D eigenvalue weighted by Gasteiger charge is -2.24. The first kappa shape index (κ1) is 13.1. The number of benzene rings is 1. The van der Waals surface area contributed by atoms with Crippen LogP contribution in [0.1, 0.15) is 26.3 Å². The highest BCUT2D eigenvalue weighted by molar-refractivity contribution is 5.78. The molecule has 0 aliphatic carbocycles. The predicted molar refractivity (Wildman–Crippen MR) is 66.2 cm³/mol. The van der Waals surface area contributed by atoms with Crippen molar-refractivity contribution < 1.29 is 19.4 Å². The summed E-state index contributed by atoms with van der Waals surface area (Å²) in [4.78, 5) is 11.4. The Kier molecular flexibility index (Phi) is 3.17. The van der Waals surface area contributed by atoms with Gasteiger partial charge in [-0.3, -0.25) is 0 Å². The van der Waals surface area contributed by atoms with Crippen LogP contribution in [0.15, 0.2) is 30.3 Å². The fourth-order valence-corrected chi connectivity index (χ4v) is 2.30. The maximum Gasteiger partial charge on any atom is 0.338 e. The van der Waals surface area contributed by atoms with E-state index in [0.717, 1.165) is 5.56 Å². The molecule has 2 atom stereocenters. The van der Waals surface area contributed by atoms with Crippen molar-refractivity contribution in [2.75, 3.05) is 0 Å². The Balaban J connectivity index is 2.23. The van der Waals surface area contributed by atoms with Crippen LogP contribution in [0.2, 0.25) is 0 Å². The number of carboxylic acids is 1. The second-order valence-electron chi connectivity index (χ2n) is 5.21. The van der Waals surface area contributed by atoms with Crippen LogP contribution in [0, 0.1) is 0 Å². The minimum absolute atomic E-state index is 0.493. The van der Waals surface area contributed by atoms with Gasteiger partial charge in [-0.15, -0.1) is 0 Å². The van der Waals surface area contributed by atoms with Gasteiger partial charge >= 0.3 is 5.97 Å². The van der Waals surface area contributed by atoms with E-state index in [1.807, 2.05) is 30.3 Å². The number of ether oxygens (including phenoxy) is 2. The summed E-state index contributed by atoms with van der Waals surface area (Å²) >= 11 is 0. The Morgan fingerprint density at radius 1 is 1.28 bits per heavy atom. The molecule has 1 aliphatic rings. The van der Waals surface area contributed by atoms with Gasteiger partial charge in [-0.2, -0.15) is 0 Å². The van der Waals surface area contributed by atoms with Crippen LogP contribution in [-0.2, 0) is 20.7 Å². The number of rotatable bonds is 3. The lowest BCUT2D eigenvalue weighted by Crippen LogP contribution is -2.46. The Labute approximate surface area is 107 Å². The van der Waals surface area contributed by atoms with Gasteiger partial charge in [0.15, 0.2) is 11.4 Å². The summed E-state index contributed by atoms with van der Waals surface area (Å²) in [5.41, 5.74) is -0.268. The Hall–Kier alpha value is -1.39. The molecule has 1 heterocycles. The Bertz CT molecular complexity index is 440. The minimum Gasteiger partial charge on any atom is -0.479 e. The molecule has 0 saturated carbocycles. The molecule has 98 valence electrons. The monoisotopic (exact) mass is 250 g/mol. The van der Waals surface area contributed by atoms with Crippen molar-refractivity contribution in [3.63, 3.8) is 0 Å². The van der Waals surface area contributed by atoms with Crippen molar-refractivity contribution in [1.82, 2.24) is 0 Å². The zero-order valence-corrected chi connectivity index (χ0v) is 10.8. The molecular weight excluding hydrogens is 232 g/mol. The van der Waals surface area contributed by atoms with Crippen molar-refractivity contribution in [2.24, 2.45) is 0 Å². The molecule has 4 nitrogen and oxygen atoms in total. The quantitative estimate of drug-likeness (QED) is 0.893. The predicted octanol–water partition coefficient (Wildman–Crippen LogP) is 2.22. The van der Waals surface area contributed by atoms with Crippen LogP contribution < -0.4 is 0 Å². The van der Waals surface area contributed by atoms with Crippen molar-refractivity contribution in [3.8, 4) is 0 Å². The third kappa shape index (κ3) is 2.40. The van der Waals surface area contributed by atoms with E-state index in [1.54, 1.807) is 20.8 Å². The summed E-state index contributed by atoms with van der Waals surface area (Å²) in [6, 6.07) is 9.69. The Morgan fingerprint density at radius 2 is 1.89 bits per heavy atom. The first-order valence-electron chi connectivity index (χ1n) is 5.99. The number of hydrogen-bond acceptors (Lipinski definition) is 3. The lowest BCUT2D eigenvalue weighted by molar-refractivity contribution is -0.182. The summed E-state index contributed by atoms with van der Waals surface area (Å²) in [6.45, 7) is 5.04. The molecule has 1 aromatic carbocycles. The van der Waals surface area contributed by atoms with E-state index in [0.29, 0.717) is 6.42 Å². The van der Waals surface area contributed by atoms with E-state index >= 15 is 0 Å². The van der Waals surface area contributed by atoms with E-state index in [4.69, 9.17) is 9.47 Å². The molecule has 18 heavy (non-hydrogen) atoms. The largest absolute Gasteiger partial charge is 0.479 e. The molecule has 1 aromatic rings. The molecule has 0 spiro atoms. The molecule has 0 bridgehead atoms. The third-order valence-corrected chi connectivity index (χ3v) is 3.19. The summed E-state index contributed by atoms with van der Waals surface area (Å²) in [5, 5.41) is 9.35. The third-order valence-electron chi connectivity index (χ3n) is 3.19. The fraction of sp³-hybridized carbons (Fsp3) is 0.500. The van der Waals surface area contributed by atoms with Crippen molar-refractivity contribution >= 4 is 5.97 Å². The van der Waals surface area contributed by atoms with Gasteiger partial charge < -0.3 is 14.6 Å². The number of carbonyl (C=O) groups is 1. The van der Waals surface area contributed by atoms with Crippen molar-refractivity contribution in [3.05, 3.63) is 35.9 Å². The standard InChI is InChI=1S/C14H18O4/c1-13(2)17-11(14(3,18-13)12(15)16)9-10-7-5-4-6-8-10/h4-8,11H,9H2,1-3H3,(H,15,16)/t11?,14-/m0/s1. The maximum absolute atomic E-state index is 11.4. The second-order valence-corrected chi connectivity index (χ2v) is 5.21. The average molecular weight is 250 g/mol. The van der Waals surface area contributed by atoms with Gasteiger partial charge in [0.25, 0.3) is 0 Å². The molecule has 2 rings (SSSR count). The SMILES string of the molecule is CC1(C)OC(Cc2ccccc2)[C@@](C)(C(=O)O)O1. The molecule has 0 aromatic heterocycles. The van der Waals surface area contributed by atoms with Crippen LogP contribution in [0.25, 0.3) is 0 Å². The smallest absolute Gasteiger partial charge is 0.338 e. The van der Waals surface area contributed by atoms with Crippen LogP contribution in [-0.4, -0.2) is 28.6 Å². The van der Waals surface area contributed by atoms with Crippen molar-refractivity contribution in [2.45, 2.75) is 44.7 Å². The molecule has 4 heteroatoms. The molecule has 1 unspecified atom stereocenters. The summed E-state index contributed by atoms with van der Waals surface area (Å²) in [7, 11) is 0. The molecule has 1 aliphatic heterocycles. The summed E-state index contributed by atoms with van der Waals surface area (Å²) in [5.74, 6) is -1.86.